The van der Waals surface area contributed by atoms with Crippen LogP contribution >= 0.6 is 0 Å². The van der Waals surface area contributed by atoms with Gasteiger partial charge >= 0.3 is 0 Å². The molecule has 0 aliphatic carbocycles. The van der Waals surface area contributed by atoms with Gasteiger partial charge in [0.1, 0.15) is 0 Å². The van der Waals surface area contributed by atoms with Gasteiger partial charge in [0.05, 0.1) is 17.0 Å². The van der Waals surface area contributed by atoms with Crippen molar-refractivity contribution in [2.24, 2.45) is 0 Å². The molecule has 0 saturated heterocycles. The molecule has 5 nitrogen and oxygen atoms in total. The van der Waals surface area contributed by atoms with E-state index in [0.29, 0.717) is 5.56 Å². The summed E-state index contributed by atoms with van der Waals surface area (Å²) in [5.74, 6) is -0.101. The molecule has 2 heterocycles. The standard InChI is InChI=1S/C19H22N4O/c1-13(9-10-16-7-5-4-6-8-16)21-19(24)17-12-20-18-11-14(2)22-23(18)15(17)3/h4-8,11-13H,9-10H2,1-3H3,(H,21,24)/t13-/m1/s1. The largest absolute Gasteiger partial charge is 0.349 e. The summed E-state index contributed by atoms with van der Waals surface area (Å²) in [6, 6.07) is 12.3. The number of amides is 1. The lowest BCUT2D eigenvalue weighted by molar-refractivity contribution is 0.0936. The van der Waals surface area contributed by atoms with Crippen LogP contribution < -0.4 is 5.32 Å². The Hall–Kier alpha value is -2.69. The molecule has 1 amide bonds. The number of carbonyl (C=O) groups is 1. The van der Waals surface area contributed by atoms with Gasteiger partial charge in [-0.25, -0.2) is 9.50 Å². The minimum absolute atomic E-state index is 0.0900. The van der Waals surface area contributed by atoms with Gasteiger partial charge < -0.3 is 5.32 Å². The van der Waals surface area contributed by atoms with Crippen molar-refractivity contribution in [3.8, 4) is 0 Å². The summed E-state index contributed by atoms with van der Waals surface area (Å²) in [5, 5.41) is 7.44. The Morgan fingerprint density at radius 2 is 2.00 bits per heavy atom. The van der Waals surface area contributed by atoms with Crippen LogP contribution in [0.25, 0.3) is 5.65 Å². The van der Waals surface area contributed by atoms with Crippen LogP contribution in [0.1, 0.15) is 40.7 Å². The van der Waals surface area contributed by atoms with Crippen LogP contribution in [0, 0.1) is 13.8 Å². The van der Waals surface area contributed by atoms with E-state index in [9.17, 15) is 4.79 Å². The summed E-state index contributed by atoms with van der Waals surface area (Å²) in [5.41, 5.74) is 4.31. The SMILES string of the molecule is Cc1cc2ncc(C(=O)N[C@H](C)CCc3ccccc3)c(C)n2n1. The Kier molecular flexibility index (Phi) is 4.60. The third kappa shape index (κ3) is 3.45. The predicted octanol–water partition coefficient (Wildman–Crippen LogP) is 3.10. The second-order valence-electron chi connectivity index (χ2n) is 6.21. The van der Waals surface area contributed by atoms with Crippen molar-refractivity contribution in [1.82, 2.24) is 19.9 Å². The minimum atomic E-state index is -0.101. The summed E-state index contributed by atoms with van der Waals surface area (Å²) in [6.45, 7) is 5.84. The summed E-state index contributed by atoms with van der Waals surface area (Å²) >= 11 is 0. The molecule has 0 aliphatic heterocycles. The Morgan fingerprint density at radius 3 is 2.75 bits per heavy atom. The van der Waals surface area contributed by atoms with Crippen LogP contribution in [0.4, 0.5) is 0 Å². The van der Waals surface area contributed by atoms with Gasteiger partial charge in [0.15, 0.2) is 5.65 Å². The van der Waals surface area contributed by atoms with Gasteiger partial charge in [0, 0.05) is 18.3 Å². The Labute approximate surface area is 141 Å². The first-order chi connectivity index (χ1) is 11.5. The third-order valence-corrected chi connectivity index (χ3v) is 4.18. The van der Waals surface area contributed by atoms with Gasteiger partial charge in [0.2, 0.25) is 0 Å². The van der Waals surface area contributed by atoms with Gasteiger partial charge in [-0.2, -0.15) is 5.10 Å². The number of hydrogen-bond acceptors (Lipinski definition) is 3. The molecule has 5 heteroatoms. The zero-order valence-corrected chi connectivity index (χ0v) is 14.3. The Morgan fingerprint density at radius 1 is 1.25 bits per heavy atom. The highest BCUT2D eigenvalue weighted by Gasteiger charge is 2.15. The fourth-order valence-corrected chi connectivity index (χ4v) is 2.79. The van der Waals surface area contributed by atoms with E-state index in [0.717, 1.165) is 29.9 Å². The van der Waals surface area contributed by atoms with Crippen LogP contribution in [-0.2, 0) is 6.42 Å². The fourth-order valence-electron chi connectivity index (χ4n) is 2.79. The summed E-state index contributed by atoms with van der Waals surface area (Å²) in [6.07, 6.45) is 3.47. The molecule has 0 unspecified atom stereocenters. The number of nitrogens with one attached hydrogen (secondary N) is 1. The van der Waals surface area contributed by atoms with Crippen molar-refractivity contribution in [2.45, 2.75) is 39.7 Å². The summed E-state index contributed by atoms with van der Waals surface area (Å²) < 4.78 is 1.72. The molecule has 24 heavy (non-hydrogen) atoms. The molecule has 1 N–H and O–H groups in total. The molecule has 1 aromatic carbocycles. The second-order valence-corrected chi connectivity index (χ2v) is 6.21. The van der Waals surface area contributed by atoms with Crippen molar-refractivity contribution in [3.63, 3.8) is 0 Å². The van der Waals surface area contributed by atoms with Gasteiger partial charge in [-0.3, -0.25) is 4.79 Å². The first-order valence-electron chi connectivity index (χ1n) is 8.21. The van der Waals surface area contributed by atoms with E-state index >= 15 is 0 Å². The van der Waals surface area contributed by atoms with Crippen LogP contribution in [0.3, 0.4) is 0 Å². The van der Waals surface area contributed by atoms with E-state index in [-0.39, 0.29) is 11.9 Å². The highest BCUT2D eigenvalue weighted by atomic mass is 16.1. The van der Waals surface area contributed by atoms with E-state index in [1.165, 1.54) is 5.56 Å². The number of aryl methyl sites for hydroxylation is 3. The predicted molar refractivity (Wildman–Crippen MR) is 94.2 cm³/mol. The van der Waals surface area contributed by atoms with Crippen molar-refractivity contribution in [2.75, 3.05) is 0 Å². The lowest BCUT2D eigenvalue weighted by Gasteiger charge is -2.15. The van der Waals surface area contributed by atoms with Crippen molar-refractivity contribution in [3.05, 3.63) is 65.1 Å². The monoisotopic (exact) mass is 322 g/mol. The lowest BCUT2D eigenvalue weighted by Crippen LogP contribution is -2.33. The molecule has 124 valence electrons. The molecule has 1 atom stereocenters. The Balaban J connectivity index is 1.67. The smallest absolute Gasteiger partial charge is 0.254 e. The molecule has 0 saturated carbocycles. The molecule has 0 aliphatic rings. The van der Waals surface area contributed by atoms with Crippen LogP contribution in [0.5, 0.6) is 0 Å². The van der Waals surface area contributed by atoms with Crippen LogP contribution in [0.2, 0.25) is 0 Å². The number of carbonyl (C=O) groups excluding carboxylic acids is 1. The Bertz CT molecular complexity index is 854. The molecular weight excluding hydrogens is 300 g/mol. The quantitative estimate of drug-likeness (QED) is 0.785. The summed E-state index contributed by atoms with van der Waals surface area (Å²) in [4.78, 5) is 16.9. The highest BCUT2D eigenvalue weighted by molar-refractivity contribution is 5.95. The molecule has 3 aromatic rings. The number of nitrogens with zero attached hydrogens (tertiary/aromatic N) is 3. The first kappa shape index (κ1) is 16.2. The maximum atomic E-state index is 12.5. The average Bonchev–Trinajstić information content (AvgIpc) is 2.95. The molecule has 0 spiro atoms. The number of hydrogen-bond donors (Lipinski definition) is 1. The number of benzene rings is 1. The highest BCUT2D eigenvalue weighted by Crippen LogP contribution is 2.12. The van der Waals surface area contributed by atoms with Crippen molar-refractivity contribution >= 4 is 11.6 Å². The summed E-state index contributed by atoms with van der Waals surface area (Å²) in [7, 11) is 0. The van der Waals surface area contributed by atoms with Gasteiger partial charge in [-0.15, -0.1) is 0 Å². The van der Waals surface area contributed by atoms with Crippen molar-refractivity contribution in [1.29, 1.82) is 0 Å². The minimum Gasteiger partial charge on any atom is -0.349 e. The van der Waals surface area contributed by atoms with E-state index in [1.54, 1.807) is 10.7 Å². The lowest BCUT2D eigenvalue weighted by atomic mass is 10.1. The molecule has 0 radical (unpaired) electrons. The van der Waals surface area contributed by atoms with Crippen LogP contribution in [0.15, 0.2) is 42.6 Å². The fraction of sp³-hybridized carbons (Fsp3) is 0.316. The van der Waals surface area contributed by atoms with E-state index in [4.69, 9.17) is 0 Å². The normalized spacial score (nSPS) is 12.3. The van der Waals surface area contributed by atoms with Gasteiger partial charge in [-0.05, 0) is 39.2 Å². The maximum Gasteiger partial charge on any atom is 0.254 e. The third-order valence-electron chi connectivity index (χ3n) is 4.18. The number of fused-ring (bicyclic) bond motifs is 1. The zero-order chi connectivity index (χ0) is 17.1. The molecule has 0 fully saturated rings. The number of aromatic nitrogens is 3. The molecule has 2 aromatic heterocycles. The average molecular weight is 322 g/mol. The van der Waals surface area contributed by atoms with E-state index in [1.807, 2.05) is 45.0 Å². The molecule has 0 bridgehead atoms. The molecule has 3 rings (SSSR count). The van der Waals surface area contributed by atoms with Gasteiger partial charge in [-0.1, -0.05) is 30.3 Å². The second kappa shape index (κ2) is 6.83. The number of rotatable bonds is 5. The van der Waals surface area contributed by atoms with Crippen LogP contribution in [-0.4, -0.2) is 26.5 Å². The topological polar surface area (TPSA) is 59.3 Å². The molecular formula is C19H22N4O. The zero-order valence-electron chi connectivity index (χ0n) is 14.3. The first-order valence-corrected chi connectivity index (χ1v) is 8.21. The van der Waals surface area contributed by atoms with E-state index in [2.05, 4.69) is 27.5 Å². The van der Waals surface area contributed by atoms with Crippen molar-refractivity contribution < 1.29 is 4.79 Å². The van der Waals surface area contributed by atoms with Gasteiger partial charge in [0.25, 0.3) is 5.91 Å². The van der Waals surface area contributed by atoms with E-state index < -0.39 is 0 Å². The maximum absolute atomic E-state index is 12.5.